The average molecular weight is 489 g/mol. The van der Waals surface area contributed by atoms with E-state index in [1.54, 1.807) is 4.90 Å². The first-order valence-corrected chi connectivity index (χ1v) is 12.6. The Morgan fingerprint density at radius 1 is 1.15 bits per heavy atom. The Hall–Kier alpha value is -3.44. The van der Waals surface area contributed by atoms with Crippen molar-refractivity contribution in [2.75, 3.05) is 56.9 Å². The van der Waals surface area contributed by atoms with E-state index in [2.05, 4.69) is 11.0 Å². The lowest BCUT2D eigenvalue weighted by atomic mass is 10.2. The zero-order chi connectivity index (χ0) is 24.7. The molecule has 1 amide bonds. The molecule has 1 heterocycles. The van der Waals surface area contributed by atoms with E-state index in [0.717, 1.165) is 28.7 Å². The first kappa shape index (κ1) is 25.2. The first-order chi connectivity index (χ1) is 16.2. The molecule has 0 saturated carbocycles. The number of ether oxygens (including phenoxy) is 1. The second kappa shape index (κ2) is 11.1. The van der Waals surface area contributed by atoms with Gasteiger partial charge in [0.1, 0.15) is 18.0 Å². The molecule has 34 heavy (non-hydrogen) atoms. The number of anilines is 1. The maximum absolute atomic E-state index is 13.0. The van der Waals surface area contributed by atoms with Crippen molar-refractivity contribution in [3.05, 3.63) is 70.3 Å². The van der Waals surface area contributed by atoms with Crippen LogP contribution in [0.2, 0.25) is 0 Å². The fourth-order valence-electron chi connectivity index (χ4n) is 3.67. The Kier molecular flexibility index (Phi) is 8.24. The third-order valence-electron chi connectivity index (χ3n) is 5.52. The molecular formula is C23H28N4O6S. The van der Waals surface area contributed by atoms with Gasteiger partial charge in [0.2, 0.25) is 15.9 Å². The number of amides is 1. The minimum absolute atomic E-state index is 0.0442. The largest absolute Gasteiger partial charge is 0.495 e. The van der Waals surface area contributed by atoms with Gasteiger partial charge in [0.05, 0.1) is 18.3 Å². The highest BCUT2D eigenvalue weighted by Crippen LogP contribution is 2.33. The van der Waals surface area contributed by atoms with Crippen LogP contribution in [-0.2, 0) is 14.8 Å². The van der Waals surface area contributed by atoms with E-state index in [0.29, 0.717) is 26.2 Å². The van der Waals surface area contributed by atoms with Gasteiger partial charge in [-0.2, -0.15) is 0 Å². The molecule has 0 aliphatic carbocycles. The number of carbonyl (C=O) groups is 1. The van der Waals surface area contributed by atoms with Crippen LogP contribution in [0.5, 0.6) is 5.75 Å². The molecule has 0 radical (unpaired) electrons. The summed E-state index contributed by atoms with van der Waals surface area (Å²) in [5, 5.41) is 11.2. The van der Waals surface area contributed by atoms with Crippen LogP contribution in [0.15, 0.2) is 54.6 Å². The second-order valence-electron chi connectivity index (χ2n) is 7.88. The maximum atomic E-state index is 13.0. The maximum Gasteiger partial charge on any atom is 0.271 e. The number of nitro benzene ring substituents is 1. The standard InChI is InChI=1S/C23H28N4O6S/c1-33-22-11-10-20(27(29)30)17-21(22)26(34(2,31)32)18-23(28)25-15-13-24(14-16-25)12-6-9-19-7-4-3-5-8-19/h3-11,17H,12-16,18H2,1-2H3. The fourth-order valence-corrected chi connectivity index (χ4v) is 4.52. The van der Waals surface area contributed by atoms with Gasteiger partial charge in [-0.05, 0) is 11.6 Å². The van der Waals surface area contributed by atoms with Gasteiger partial charge in [0.15, 0.2) is 0 Å². The molecule has 0 spiro atoms. The van der Waals surface area contributed by atoms with Crippen LogP contribution < -0.4 is 9.04 Å². The number of benzene rings is 2. The minimum Gasteiger partial charge on any atom is -0.495 e. The molecule has 0 aromatic heterocycles. The van der Waals surface area contributed by atoms with Crippen molar-refractivity contribution in [3.8, 4) is 5.75 Å². The summed E-state index contributed by atoms with van der Waals surface area (Å²) in [6.45, 7) is 2.51. The molecule has 1 aliphatic heterocycles. The number of non-ortho nitro benzene ring substituents is 1. The monoisotopic (exact) mass is 488 g/mol. The van der Waals surface area contributed by atoms with Gasteiger partial charge in [-0.3, -0.25) is 24.1 Å². The molecule has 2 aromatic carbocycles. The molecule has 10 nitrogen and oxygen atoms in total. The minimum atomic E-state index is -3.91. The summed E-state index contributed by atoms with van der Waals surface area (Å²) in [6, 6.07) is 13.6. The van der Waals surface area contributed by atoms with Crippen LogP contribution in [0.25, 0.3) is 6.08 Å². The predicted molar refractivity (Wildman–Crippen MR) is 130 cm³/mol. The van der Waals surface area contributed by atoms with Crippen molar-refractivity contribution in [2.45, 2.75) is 0 Å². The van der Waals surface area contributed by atoms with E-state index in [1.165, 1.54) is 19.2 Å². The summed E-state index contributed by atoms with van der Waals surface area (Å²) >= 11 is 0. The van der Waals surface area contributed by atoms with Gasteiger partial charge in [-0.25, -0.2) is 8.42 Å². The van der Waals surface area contributed by atoms with E-state index in [-0.39, 0.29) is 23.0 Å². The van der Waals surface area contributed by atoms with Gasteiger partial charge in [0, 0.05) is 44.9 Å². The van der Waals surface area contributed by atoms with Crippen molar-refractivity contribution >= 4 is 33.4 Å². The third-order valence-corrected chi connectivity index (χ3v) is 6.65. The number of nitrogens with zero attached hydrogens (tertiary/aromatic N) is 4. The number of hydrogen-bond acceptors (Lipinski definition) is 7. The molecule has 0 bridgehead atoms. The predicted octanol–water partition coefficient (Wildman–Crippen LogP) is 2.23. The number of hydrogen-bond donors (Lipinski definition) is 0. The molecular weight excluding hydrogens is 460 g/mol. The highest BCUT2D eigenvalue weighted by molar-refractivity contribution is 7.92. The van der Waals surface area contributed by atoms with Gasteiger partial charge in [0.25, 0.3) is 5.69 Å². The third kappa shape index (κ3) is 6.55. The molecule has 1 fully saturated rings. The number of piperazine rings is 1. The van der Waals surface area contributed by atoms with Crippen molar-refractivity contribution < 1.29 is 22.9 Å². The quantitative estimate of drug-likeness (QED) is 0.393. The van der Waals surface area contributed by atoms with Crippen LogP contribution in [0.3, 0.4) is 0 Å². The molecule has 0 atom stereocenters. The first-order valence-electron chi connectivity index (χ1n) is 10.7. The molecule has 0 unspecified atom stereocenters. The van der Waals surface area contributed by atoms with Crippen molar-refractivity contribution in [3.63, 3.8) is 0 Å². The van der Waals surface area contributed by atoms with Crippen LogP contribution in [0, 0.1) is 10.1 Å². The van der Waals surface area contributed by atoms with Crippen molar-refractivity contribution in [2.24, 2.45) is 0 Å². The summed E-state index contributed by atoms with van der Waals surface area (Å²) in [6.07, 6.45) is 5.08. The Bertz CT molecular complexity index is 1150. The fraction of sp³-hybridized carbons (Fsp3) is 0.348. The van der Waals surface area contributed by atoms with E-state index >= 15 is 0 Å². The van der Waals surface area contributed by atoms with Crippen LogP contribution >= 0.6 is 0 Å². The lowest BCUT2D eigenvalue weighted by molar-refractivity contribution is -0.384. The normalized spacial score (nSPS) is 14.8. The number of nitro groups is 1. The zero-order valence-electron chi connectivity index (χ0n) is 19.2. The van der Waals surface area contributed by atoms with E-state index < -0.39 is 21.5 Å². The lowest BCUT2D eigenvalue weighted by Crippen LogP contribution is -2.51. The molecule has 1 saturated heterocycles. The molecule has 3 rings (SSSR count). The molecule has 1 aliphatic rings. The highest BCUT2D eigenvalue weighted by Gasteiger charge is 2.29. The smallest absolute Gasteiger partial charge is 0.271 e. The summed E-state index contributed by atoms with van der Waals surface area (Å²) in [4.78, 5) is 27.4. The number of methoxy groups -OCH3 is 1. The number of sulfonamides is 1. The van der Waals surface area contributed by atoms with Crippen LogP contribution in [0.4, 0.5) is 11.4 Å². The summed E-state index contributed by atoms with van der Waals surface area (Å²) in [7, 11) is -2.58. The van der Waals surface area contributed by atoms with Crippen molar-refractivity contribution in [1.29, 1.82) is 0 Å². The van der Waals surface area contributed by atoms with Gasteiger partial charge in [-0.1, -0.05) is 42.5 Å². The van der Waals surface area contributed by atoms with Gasteiger partial charge >= 0.3 is 0 Å². The Morgan fingerprint density at radius 2 is 1.82 bits per heavy atom. The SMILES string of the molecule is COc1ccc([N+](=O)[O-])cc1N(CC(=O)N1CCN(CC=Cc2ccccc2)CC1)S(C)(=O)=O. The lowest BCUT2D eigenvalue weighted by Gasteiger charge is -2.35. The zero-order valence-corrected chi connectivity index (χ0v) is 20.0. The second-order valence-corrected chi connectivity index (χ2v) is 9.78. The summed E-state index contributed by atoms with van der Waals surface area (Å²) in [5.74, 6) is -0.252. The molecule has 182 valence electrons. The van der Waals surface area contributed by atoms with E-state index in [1.807, 2.05) is 36.4 Å². The Morgan fingerprint density at radius 3 is 2.41 bits per heavy atom. The van der Waals surface area contributed by atoms with Gasteiger partial charge in [-0.15, -0.1) is 0 Å². The highest BCUT2D eigenvalue weighted by atomic mass is 32.2. The Labute approximate surface area is 199 Å². The van der Waals surface area contributed by atoms with Gasteiger partial charge < -0.3 is 9.64 Å². The van der Waals surface area contributed by atoms with Crippen LogP contribution in [-0.4, -0.2) is 81.7 Å². The topological polar surface area (TPSA) is 113 Å². The van der Waals surface area contributed by atoms with E-state index in [9.17, 15) is 23.3 Å². The summed E-state index contributed by atoms with van der Waals surface area (Å²) < 4.78 is 31.1. The molecule has 11 heteroatoms. The average Bonchev–Trinajstić information content (AvgIpc) is 2.82. The Balaban J connectivity index is 1.65. The number of carbonyl (C=O) groups excluding carboxylic acids is 1. The molecule has 0 N–H and O–H groups in total. The van der Waals surface area contributed by atoms with E-state index in [4.69, 9.17) is 4.74 Å². The summed E-state index contributed by atoms with van der Waals surface area (Å²) in [5.41, 5.74) is 0.778. The van der Waals surface area contributed by atoms with Crippen molar-refractivity contribution in [1.82, 2.24) is 9.80 Å². The van der Waals surface area contributed by atoms with Crippen LogP contribution in [0.1, 0.15) is 5.56 Å². The number of rotatable bonds is 9. The molecule has 2 aromatic rings.